The Labute approximate surface area is 117 Å². The number of rotatable bonds is 1. The maximum absolute atomic E-state index is 12.7. The van der Waals surface area contributed by atoms with Crippen LogP contribution in [0.1, 0.15) is 29.6 Å². The number of hydrogen-bond donors (Lipinski definition) is 2. The van der Waals surface area contributed by atoms with Gasteiger partial charge in [0.1, 0.15) is 0 Å². The average molecular weight is 270 g/mol. The van der Waals surface area contributed by atoms with Gasteiger partial charge in [-0.2, -0.15) is 5.10 Å². The molecule has 2 fully saturated rings. The summed E-state index contributed by atoms with van der Waals surface area (Å²) in [5.74, 6) is 0.135. The second kappa shape index (κ2) is 4.59. The molecule has 1 amide bonds. The Kier molecular flexibility index (Phi) is 2.73. The summed E-state index contributed by atoms with van der Waals surface area (Å²) in [6, 6.07) is 6.84. The van der Waals surface area contributed by atoms with E-state index in [1.807, 2.05) is 23.1 Å². The number of carbonyl (C=O) groups excluding carboxylic acids is 1. The van der Waals surface area contributed by atoms with Gasteiger partial charge in [-0.15, -0.1) is 0 Å². The lowest BCUT2D eigenvalue weighted by atomic mass is 10.1. The molecule has 2 unspecified atom stereocenters. The number of nitrogens with one attached hydrogen (secondary N) is 2. The van der Waals surface area contributed by atoms with Crippen LogP contribution >= 0.6 is 0 Å². The highest BCUT2D eigenvalue weighted by molar-refractivity contribution is 5.97. The van der Waals surface area contributed by atoms with Crippen LogP contribution in [-0.4, -0.2) is 46.2 Å². The summed E-state index contributed by atoms with van der Waals surface area (Å²) in [6.45, 7) is 1.68. The molecule has 1 aromatic carbocycles. The number of carbonyl (C=O) groups is 1. The fourth-order valence-electron chi connectivity index (χ4n) is 3.38. The second-order valence-corrected chi connectivity index (χ2v) is 5.85. The Bertz CT molecular complexity index is 650. The van der Waals surface area contributed by atoms with Gasteiger partial charge in [-0.1, -0.05) is 6.07 Å². The molecule has 2 N–H and O–H groups in total. The van der Waals surface area contributed by atoms with Crippen molar-refractivity contribution in [3.05, 3.63) is 30.0 Å². The molecule has 5 heteroatoms. The summed E-state index contributed by atoms with van der Waals surface area (Å²) >= 11 is 0. The van der Waals surface area contributed by atoms with E-state index in [1.165, 1.54) is 12.8 Å². The van der Waals surface area contributed by atoms with Crippen molar-refractivity contribution in [1.82, 2.24) is 20.4 Å². The van der Waals surface area contributed by atoms with E-state index in [-0.39, 0.29) is 5.91 Å². The van der Waals surface area contributed by atoms with Gasteiger partial charge in [0.2, 0.25) is 0 Å². The summed E-state index contributed by atoms with van der Waals surface area (Å²) in [6.07, 6.45) is 5.29. The Morgan fingerprint density at radius 3 is 3.10 bits per heavy atom. The third-order valence-electron chi connectivity index (χ3n) is 4.50. The molecule has 0 spiro atoms. The van der Waals surface area contributed by atoms with Gasteiger partial charge in [0, 0.05) is 36.1 Å². The minimum atomic E-state index is 0.135. The topological polar surface area (TPSA) is 61.0 Å². The zero-order chi connectivity index (χ0) is 13.5. The molecule has 2 bridgehead atoms. The number of hydrogen-bond acceptors (Lipinski definition) is 3. The molecule has 2 atom stereocenters. The monoisotopic (exact) mass is 270 g/mol. The smallest absolute Gasteiger partial charge is 0.253 e. The Hall–Kier alpha value is -1.88. The lowest BCUT2D eigenvalue weighted by molar-refractivity contribution is 0.0748. The zero-order valence-electron chi connectivity index (χ0n) is 11.3. The average Bonchev–Trinajstić information content (AvgIpc) is 3.03. The van der Waals surface area contributed by atoms with Gasteiger partial charge < -0.3 is 10.2 Å². The van der Waals surface area contributed by atoms with Crippen molar-refractivity contribution in [3.63, 3.8) is 0 Å². The number of likely N-dealkylation sites (tertiary alicyclic amines) is 1. The molecule has 5 nitrogen and oxygen atoms in total. The van der Waals surface area contributed by atoms with Crippen LogP contribution in [-0.2, 0) is 0 Å². The number of nitrogens with zero attached hydrogens (tertiary/aromatic N) is 2. The SMILES string of the molecule is O=C(c1ccc2cn[nH]c2c1)N1CCC2CCC(C1)N2. The molecule has 0 saturated carbocycles. The number of aromatic nitrogens is 2. The van der Waals surface area contributed by atoms with E-state index in [0.29, 0.717) is 12.1 Å². The van der Waals surface area contributed by atoms with Gasteiger partial charge in [-0.25, -0.2) is 0 Å². The molecule has 4 rings (SSSR count). The van der Waals surface area contributed by atoms with Crippen LogP contribution in [0.5, 0.6) is 0 Å². The van der Waals surface area contributed by atoms with Gasteiger partial charge >= 0.3 is 0 Å². The third-order valence-corrected chi connectivity index (χ3v) is 4.50. The van der Waals surface area contributed by atoms with Crippen molar-refractivity contribution in [1.29, 1.82) is 0 Å². The third kappa shape index (κ3) is 1.98. The number of benzene rings is 1. The van der Waals surface area contributed by atoms with Crippen molar-refractivity contribution in [3.8, 4) is 0 Å². The standard InChI is InChI=1S/C15H18N4O/c20-15(10-1-2-11-8-16-18-14(11)7-10)19-6-5-12-3-4-13(9-19)17-12/h1-2,7-8,12-13,17H,3-6,9H2,(H,16,18). The zero-order valence-corrected chi connectivity index (χ0v) is 11.3. The van der Waals surface area contributed by atoms with Crippen molar-refractivity contribution < 1.29 is 4.79 Å². The highest BCUT2D eigenvalue weighted by Crippen LogP contribution is 2.22. The second-order valence-electron chi connectivity index (χ2n) is 5.85. The van der Waals surface area contributed by atoms with E-state index in [0.717, 1.165) is 36.0 Å². The van der Waals surface area contributed by atoms with Crippen LogP contribution in [0.15, 0.2) is 24.4 Å². The summed E-state index contributed by atoms with van der Waals surface area (Å²) in [7, 11) is 0. The van der Waals surface area contributed by atoms with Crippen LogP contribution < -0.4 is 5.32 Å². The molecular weight excluding hydrogens is 252 g/mol. The Morgan fingerprint density at radius 2 is 2.15 bits per heavy atom. The molecule has 0 aliphatic carbocycles. The molecule has 2 aliphatic rings. The number of amides is 1. The molecule has 2 saturated heterocycles. The molecule has 0 radical (unpaired) electrons. The molecular formula is C15H18N4O. The van der Waals surface area contributed by atoms with E-state index in [4.69, 9.17) is 0 Å². The summed E-state index contributed by atoms with van der Waals surface area (Å²) in [5.41, 5.74) is 1.67. The lowest BCUT2D eigenvalue weighted by Crippen LogP contribution is -2.39. The van der Waals surface area contributed by atoms with Crippen LogP contribution in [0.25, 0.3) is 10.9 Å². The maximum atomic E-state index is 12.7. The first kappa shape index (κ1) is 11.9. The first-order chi connectivity index (χ1) is 9.79. The first-order valence-electron chi connectivity index (χ1n) is 7.28. The summed E-state index contributed by atoms with van der Waals surface area (Å²) < 4.78 is 0. The van der Waals surface area contributed by atoms with Crippen LogP contribution in [0.3, 0.4) is 0 Å². The highest BCUT2D eigenvalue weighted by Gasteiger charge is 2.31. The van der Waals surface area contributed by atoms with Gasteiger partial charge in [-0.3, -0.25) is 9.89 Å². The van der Waals surface area contributed by atoms with E-state index < -0.39 is 0 Å². The van der Waals surface area contributed by atoms with Crippen molar-refractivity contribution in [2.24, 2.45) is 0 Å². The number of fused-ring (bicyclic) bond motifs is 3. The van der Waals surface area contributed by atoms with Crippen LogP contribution in [0.2, 0.25) is 0 Å². The van der Waals surface area contributed by atoms with E-state index in [1.54, 1.807) is 6.20 Å². The molecule has 20 heavy (non-hydrogen) atoms. The minimum Gasteiger partial charge on any atom is -0.337 e. The molecule has 2 aliphatic heterocycles. The van der Waals surface area contributed by atoms with Crippen LogP contribution in [0.4, 0.5) is 0 Å². The number of aromatic amines is 1. The fourth-order valence-corrected chi connectivity index (χ4v) is 3.38. The quantitative estimate of drug-likeness (QED) is 0.826. The molecule has 1 aromatic heterocycles. The number of H-pyrrole nitrogens is 1. The fraction of sp³-hybridized carbons (Fsp3) is 0.467. The minimum absolute atomic E-state index is 0.135. The predicted octanol–water partition coefficient (Wildman–Crippen LogP) is 1.53. The lowest BCUT2D eigenvalue weighted by Gasteiger charge is -2.24. The van der Waals surface area contributed by atoms with Gasteiger partial charge in [0.05, 0.1) is 11.7 Å². The van der Waals surface area contributed by atoms with Crippen molar-refractivity contribution in [2.75, 3.05) is 13.1 Å². The van der Waals surface area contributed by atoms with Gasteiger partial charge in [-0.05, 0) is 31.4 Å². The summed E-state index contributed by atoms with van der Waals surface area (Å²) in [4.78, 5) is 14.7. The van der Waals surface area contributed by atoms with Crippen molar-refractivity contribution in [2.45, 2.75) is 31.3 Å². The van der Waals surface area contributed by atoms with E-state index in [2.05, 4.69) is 15.5 Å². The van der Waals surface area contributed by atoms with Crippen molar-refractivity contribution >= 4 is 16.8 Å². The maximum Gasteiger partial charge on any atom is 0.253 e. The van der Waals surface area contributed by atoms with Gasteiger partial charge in [0.15, 0.2) is 0 Å². The van der Waals surface area contributed by atoms with Gasteiger partial charge in [0.25, 0.3) is 5.91 Å². The normalized spacial score (nSPS) is 25.9. The highest BCUT2D eigenvalue weighted by atomic mass is 16.2. The van der Waals surface area contributed by atoms with Crippen LogP contribution in [0, 0.1) is 0 Å². The first-order valence-corrected chi connectivity index (χ1v) is 7.28. The Balaban J connectivity index is 1.59. The predicted molar refractivity (Wildman–Crippen MR) is 76.6 cm³/mol. The Morgan fingerprint density at radius 1 is 1.25 bits per heavy atom. The molecule has 2 aromatic rings. The summed E-state index contributed by atoms with van der Waals surface area (Å²) in [5, 5.41) is 11.6. The largest absolute Gasteiger partial charge is 0.337 e. The van der Waals surface area contributed by atoms with E-state index in [9.17, 15) is 4.79 Å². The molecule has 104 valence electrons. The molecule has 3 heterocycles. The van der Waals surface area contributed by atoms with E-state index >= 15 is 0 Å².